The second kappa shape index (κ2) is 8.57. The molecule has 2 amide bonds. The molecule has 0 radical (unpaired) electrons. The molecule has 0 aliphatic carbocycles. The van der Waals surface area contributed by atoms with Gasteiger partial charge in [0.05, 0.1) is 6.54 Å². The number of rotatable bonds is 6. The van der Waals surface area contributed by atoms with Crippen LogP contribution in [0.4, 0.5) is 5.69 Å². The number of likely N-dealkylation sites (N-methyl/N-ethyl adjacent to an activating group) is 1. The van der Waals surface area contributed by atoms with Crippen molar-refractivity contribution in [2.75, 3.05) is 25.5 Å². The quantitative estimate of drug-likeness (QED) is 0.709. The molecular formula is C23H24N2O3. The van der Waals surface area contributed by atoms with E-state index in [4.69, 9.17) is 4.74 Å². The highest BCUT2D eigenvalue weighted by Gasteiger charge is 2.15. The van der Waals surface area contributed by atoms with Gasteiger partial charge in [0.1, 0.15) is 5.75 Å². The predicted octanol–water partition coefficient (Wildman–Crippen LogP) is 3.93. The molecule has 0 aliphatic rings. The Kier molecular flexibility index (Phi) is 5.94. The summed E-state index contributed by atoms with van der Waals surface area (Å²) in [6.07, 6.45) is 0. The maximum Gasteiger partial charge on any atom is 0.260 e. The molecule has 0 aliphatic heterocycles. The summed E-state index contributed by atoms with van der Waals surface area (Å²) in [6.45, 7) is 3.79. The van der Waals surface area contributed by atoms with Gasteiger partial charge in [-0.1, -0.05) is 48.5 Å². The summed E-state index contributed by atoms with van der Waals surface area (Å²) in [5.74, 6) is 0.151. The van der Waals surface area contributed by atoms with Crippen LogP contribution in [0, 0.1) is 13.8 Å². The van der Waals surface area contributed by atoms with E-state index in [9.17, 15) is 9.59 Å². The van der Waals surface area contributed by atoms with Crippen LogP contribution in [0.5, 0.6) is 5.75 Å². The Morgan fingerprint density at radius 2 is 1.68 bits per heavy atom. The van der Waals surface area contributed by atoms with Crippen molar-refractivity contribution in [3.8, 4) is 5.75 Å². The number of hydrogen-bond donors (Lipinski definition) is 1. The van der Waals surface area contributed by atoms with Gasteiger partial charge in [-0.2, -0.15) is 0 Å². The van der Waals surface area contributed by atoms with Crippen molar-refractivity contribution in [3.05, 3.63) is 71.8 Å². The third-order valence-corrected chi connectivity index (χ3v) is 4.79. The first-order chi connectivity index (χ1) is 13.5. The summed E-state index contributed by atoms with van der Waals surface area (Å²) >= 11 is 0. The molecule has 0 saturated carbocycles. The van der Waals surface area contributed by atoms with Crippen molar-refractivity contribution in [2.24, 2.45) is 0 Å². The summed E-state index contributed by atoms with van der Waals surface area (Å²) < 4.78 is 5.71. The Hall–Kier alpha value is -3.34. The third kappa shape index (κ3) is 4.49. The first-order valence-electron chi connectivity index (χ1n) is 9.16. The molecule has 0 atom stereocenters. The highest BCUT2D eigenvalue weighted by Crippen LogP contribution is 2.25. The zero-order valence-electron chi connectivity index (χ0n) is 16.4. The molecule has 1 N–H and O–H groups in total. The molecule has 0 spiro atoms. The summed E-state index contributed by atoms with van der Waals surface area (Å²) in [4.78, 5) is 26.0. The van der Waals surface area contributed by atoms with Crippen LogP contribution in [-0.4, -0.2) is 36.9 Å². The van der Waals surface area contributed by atoms with Crippen LogP contribution in [0.3, 0.4) is 0 Å². The smallest absolute Gasteiger partial charge is 0.260 e. The normalized spacial score (nSPS) is 10.5. The van der Waals surface area contributed by atoms with Crippen molar-refractivity contribution in [1.29, 1.82) is 0 Å². The minimum absolute atomic E-state index is 0.0366. The van der Waals surface area contributed by atoms with Gasteiger partial charge in [0.15, 0.2) is 6.61 Å². The minimum atomic E-state index is -0.260. The van der Waals surface area contributed by atoms with Crippen LogP contribution in [0.1, 0.15) is 11.1 Å². The Morgan fingerprint density at radius 1 is 0.964 bits per heavy atom. The molecule has 3 aromatic rings. The van der Waals surface area contributed by atoms with Gasteiger partial charge in [0.2, 0.25) is 5.91 Å². The van der Waals surface area contributed by atoms with Crippen LogP contribution >= 0.6 is 0 Å². The molecule has 3 rings (SSSR count). The van der Waals surface area contributed by atoms with E-state index >= 15 is 0 Å². The molecule has 0 bridgehead atoms. The number of benzene rings is 3. The average Bonchev–Trinajstić information content (AvgIpc) is 2.69. The first-order valence-corrected chi connectivity index (χ1v) is 9.16. The van der Waals surface area contributed by atoms with Crippen molar-refractivity contribution >= 4 is 28.3 Å². The number of nitrogens with one attached hydrogen (secondary N) is 1. The number of fused-ring (bicyclic) bond motifs is 1. The van der Waals surface area contributed by atoms with Crippen molar-refractivity contribution in [1.82, 2.24) is 4.90 Å². The fourth-order valence-corrected chi connectivity index (χ4v) is 2.95. The van der Waals surface area contributed by atoms with Crippen LogP contribution in [0.15, 0.2) is 60.7 Å². The predicted molar refractivity (Wildman–Crippen MR) is 112 cm³/mol. The first kappa shape index (κ1) is 19.4. The highest BCUT2D eigenvalue weighted by atomic mass is 16.5. The highest BCUT2D eigenvalue weighted by molar-refractivity contribution is 5.95. The topological polar surface area (TPSA) is 58.6 Å². The second-order valence-corrected chi connectivity index (χ2v) is 6.81. The van der Waals surface area contributed by atoms with E-state index in [-0.39, 0.29) is 25.0 Å². The number of anilines is 1. The van der Waals surface area contributed by atoms with Gasteiger partial charge < -0.3 is 15.0 Å². The number of carbonyl (C=O) groups excluding carboxylic acids is 2. The molecule has 0 heterocycles. The Bertz CT molecular complexity index is 1010. The number of ether oxygens (including phenoxy) is 1. The lowest BCUT2D eigenvalue weighted by atomic mass is 10.1. The van der Waals surface area contributed by atoms with Gasteiger partial charge in [-0.15, -0.1) is 0 Å². The van der Waals surface area contributed by atoms with Gasteiger partial charge >= 0.3 is 0 Å². The molecule has 5 heteroatoms. The van der Waals surface area contributed by atoms with E-state index in [2.05, 4.69) is 5.32 Å². The van der Waals surface area contributed by atoms with Gasteiger partial charge in [-0.25, -0.2) is 0 Å². The SMILES string of the molecule is Cc1cccc(NC(=O)CN(C)C(=O)COc2cccc3ccccc23)c1C. The minimum Gasteiger partial charge on any atom is -0.483 e. The van der Waals surface area contributed by atoms with Gasteiger partial charge in [0.25, 0.3) is 5.91 Å². The van der Waals surface area contributed by atoms with Crippen molar-refractivity contribution < 1.29 is 14.3 Å². The van der Waals surface area contributed by atoms with Gasteiger partial charge in [0, 0.05) is 18.1 Å². The fourth-order valence-electron chi connectivity index (χ4n) is 2.95. The monoisotopic (exact) mass is 376 g/mol. The fraction of sp³-hybridized carbons (Fsp3) is 0.217. The van der Waals surface area contributed by atoms with Crippen LogP contribution in [0.25, 0.3) is 10.8 Å². The number of carbonyl (C=O) groups is 2. The summed E-state index contributed by atoms with van der Waals surface area (Å²) in [5.41, 5.74) is 2.88. The van der Waals surface area contributed by atoms with Gasteiger partial charge in [-0.3, -0.25) is 9.59 Å². The maximum atomic E-state index is 12.4. The Labute approximate surface area is 164 Å². The number of nitrogens with zero attached hydrogens (tertiary/aromatic N) is 1. The van der Waals surface area contributed by atoms with E-state index in [1.165, 1.54) is 4.90 Å². The van der Waals surface area contributed by atoms with E-state index in [0.717, 1.165) is 27.6 Å². The number of aryl methyl sites for hydroxylation is 1. The molecular weight excluding hydrogens is 352 g/mol. The lowest BCUT2D eigenvalue weighted by Crippen LogP contribution is -2.37. The summed E-state index contributed by atoms with van der Waals surface area (Å²) in [7, 11) is 1.59. The lowest BCUT2D eigenvalue weighted by Gasteiger charge is -2.18. The van der Waals surface area contributed by atoms with Gasteiger partial charge in [-0.05, 0) is 42.5 Å². The Morgan fingerprint density at radius 3 is 2.50 bits per heavy atom. The lowest BCUT2D eigenvalue weighted by molar-refractivity contribution is -0.135. The molecule has 0 saturated heterocycles. The molecule has 3 aromatic carbocycles. The van der Waals surface area contributed by atoms with Crippen LogP contribution < -0.4 is 10.1 Å². The Balaban J connectivity index is 1.57. The van der Waals surface area contributed by atoms with E-state index < -0.39 is 0 Å². The average molecular weight is 376 g/mol. The molecule has 5 nitrogen and oxygen atoms in total. The van der Waals surface area contributed by atoms with Crippen molar-refractivity contribution in [2.45, 2.75) is 13.8 Å². The third-order valence-electron chi connectivity index (χ3n) is 4.79. The van der Waals surface area contributed by atoms with Crippen LogP contribution in [-0.2, 0) is 9.59 Å². The zero-order chi connectivity index (χ0) is 20.1. The molecule has 0 fully saturated rings. The summed E-state index contributed by atoms with van der Waals surface area (Å²) in [5, 5.41) is 4.86. The summed E-state index contributed by atoms with van der Waals surface area (Å²) in [6, 6.07) is 19.3. The maximum absolute atomic E-state index is 12.4. The number of amides is 2. The molecule has 0 aromatic heterocycles. The molecule has 0 unspecified atom stereocenters. The van der Waals surface area contributed by atoms with E-state index in [0.29, 0.717) is 5.75 Å². The molecule has 144 valence electrons. The molecule has 28 heavy (non-hydrogen) atoms. The zero-order valence-corrected chi connectivity index (χ0v) is 16.4. The van der Waals surface area contributed by atoms with E-state index in [1.54, 1.807) is 7.05 Å². The largest absolute Gasteiger partial charge is 0.483 e. The number of hydrogen-bond acceptors (Lipinski definition) is 3. The van der Waals surface area contributed by atoms with Crippen LogP contribution in [0.2, 0.25) is 0 Å². The van der Waals surface area contributed by atoms with Crippen molar-refractivity contribution in [3.63, 3.8) is 0 Å². The van der Waals surface area contributed by atoms with E-state index in [1.807, 2.05) is 74.5 Å². The second-order valence-electron chi connectivity index (χ2n) is 6.81. The standard InChI is InChI=1S/C23H24N2O3/c1-16-8-6-12-20(17(16)2)24-22(26)14-25(3)23(27)15-28-21-13-7-10-18-9-4-5-11-19(18)21/h4-13H,14-15H2,1-3H3,(H,24,26).